The van der Waals surface area contributed by atoms with Gasteiger partial charge in [-0.25, -0.2) is 4.39 Å². The normalized spacial score (nSPS) is 32.4. The van der Waals surface area contributed by atoms with Crippen LogP contribution in [0.5, 0.6) is 0 Å². The van der Waals surface area contributed by atoms with Gasteiger partial charge in [-0.05, 0) is 82.4 Å². The fraction of sp³-hybridized carbons (Fsp3) is 0.750. The Bertz CT molecular complexity index is 645. The quantitative estimate of drug-likeness (QED) is 0.718. The van der Waals surface area contributed by atoms with Crippen LogP contribution in [0.4, 0.5) is 4.39 Å². The van der Waals surface area contributed by atoms with Gasteiger partial charge in [0.05, 0.1) is 10.6 Å². The molecule has 0 spiro atoms. The lowest BCUT2D eigenvalue weighted by Gasteiger charge is -2.49. The molecule has 29 heavy (non-hydrogen) atoms. The van der Waals surface area contributed by atoms with E-state index in [4.69, 9.17) is 11.6 Å². The van der Waals surface area contributed by atoms with Gasteiger partial charge in [-0.3, -0.25) is 0 Å². The summed E-state index contributed by atoms with van der Waals surface area (Å²) in [6, 6.07) is 4.90. The molecule has 2 saturated heterocycles. The smallest absolute Gasteiger partial charge is 0.141 e. The summed E-state index contributed by atoms with van der Waals surface area (Å²) in [7, 11) is 0. The first-order chi connectivity index (χ1) is 14.1. The fourth-order valence-corrected chi connectivity index (χ4v) is 6.15. The van der Waals surface area contributed by atoms with E-state index < -0.39 is 11.4 Å². The van der Waals surface area contributed by atoms with Crippen molar-refractivity contribution in [1.82, 2.24) is 9.80 Å². The number of likely N-dealkylation sites (tertiary alicyclic amines) is 2. The largest absolute Gasteiger partial charge is 0.384 e. The molecule has 1 aliphatic carbocycles. The monoisotopic (exact) mass is 422 g/mol. The first kappa shape index (κ1) is 21.5. The van der Waals surface area contributed by atoms with E-state index in [1.54, 1.807) is 12.1 Å². The summed E-state index contributed by atoms with van der Waals surface area (Å²) in [5.41, 5.74) is -0.127. The Morgan fingerprint density at radius 1 is 0.862 bits per heavy atom. The van der Waals surface area contributed by atoms with Crippen LogP contribution >= 0.6 is 11.6 Å². The molecule has 2 atom stereocenters. The van der Waals surface area contributed by atoms with Gasteiger partial charge in [-0.2, -0.15) is 0 Å². The minimum absolute atomic E-state index is 0.120. The predicted molar refractivity (Wildman–Crippen MR) is 117 cm³/mol. The summed E-state index contributed by atoms with van der Waals surface area (Å²) in [6.45, 7) is 6.40. The molecule has 0 aromatic heterocycles. The highest BCUT2D eigenvalue weighted by Crippen LogP contribution is 2.47. The number of benzene rings is 1. The summed E-state index contributed by atoms with van der Waals surface area (Å²) in [5.74, 6) is -0.0636. The van der Waals surface area contributed by atoms with Crippen LogP contribution in [0.25, 0.3) is 0 Å². The second-order valence-corrected chi connectivity index (χ2v) is 9.91. The maximum atomic E-state index is 13.9. The van der Waals surface area contributed by atoms with Gasteiger partial charge in [0.2, 0.25) is 0 Å². The lowest BCUT2D eigenvalue weighted by atomic mass is 9.64. The summed E-state index contributed by atoms with van der Waals surface area (Å²) in [4.78, 5) is 5.07. The van der Waals surface area contributed by atoms with E-state index in [1.807, 2.05) is 0 Å². The number of nitrogens with zero attached hydrogens (tertiary/aromatic N) is 2. The van der Waals surface area contributed by atoms with E-state index in [1.165, 1.54) is 44.6 Å². The van der Waals surface area contributed by atoms with Crippen molar-refractivity contribution in [3.05, 3.63) is 34.6 Å². The van der Waals surface area contributed by atoms with Crippen LogP contribution in [0.1, 0.15) is 63.4 Å². The average molecular weight is 423 g/mol. The van der Waals surface area contributed by atoms with E-state index in [9.17, 15) is 9.50 Å². The van der Waals surface area contributed by atoms with Gasteiger partial charge in [0.1, 0.15) is 5.82 Å². The molecule has 3 aliphatic rings. The Kier molecular flexibility index (Phi) is 7.16. The molecule has 0 radical (unpaired) electrons. The Balaban J connectivity index is 1.62. The number of rotatable bonds is 5. The van der Waals surface area contributed by atoms with Crippen LogP contribution in [-0.4, -0.2) is 54.2 Å². The molecule has 0 amide bonds. The minimum atomic E-state index is -0.940. The predicted octanol–water partition coefficient (Wildman–Crippen LogP) is 5.05. The molecule has 3 fully saturated rings. The van der Waals surface area contributed by atoms with Crippen molar-refractivity contribution in [1.29, 1.82) is 0 Å². The molecule has 0 bridgehead atoms. The zero-order chi connectivity index (χ0) is 20.3. The fourth-order valence-electron chi connectivity index (χ4n) is 5.97. The van der Waals surface area contributed by atoms with Crippen LogP contribution in [0.15, 0.2) is 18.2 Å². The Morgan fingerprint density at radius 2 is 1.38 bits per heavy atom. The highest BCUT2D eigenvalue weighted by Gasteiger charge is 2.48. The van der Waals surface area contributed by atoms with E-state index in [0.717, 1.165) is 64.1 Å². The summed E-state index contributed by atoms with van der Waals surface area (Å²) >= 11 is 6.17. The third kappa shape index (κ3) is 4.81. The molecule has 5 heteroatoms. The minimum Gasteiger partial charge on any atom is -0.384 e. The number of halogens is 2. The molecule has 162 valence electrons. The number of aliphatic hydroxyl groups is 1. The first-order valence-corrected chi connectivity index (χ1v) is 12.1. The number of piperidine rings is 2. The average Bonchev–Trinajstić information content (AvgIpc) is 2.74. The van der Waals surface area contributed by atoms with Gasteiger partial charge in [0.25, 0.3) is 0 Å². The SMILES string of the molecule is OC1(c2ccc(F)c(Cl)c2)C(CN2CCCCC2)CCCC1CN1CCCCC1. The van der Waals surface area contributed by atoms with Crippen LogP contribution in [0.2, 0.25) is 5.02 Å². The Labute approximate surface area is 180 Å². The van der Waals surface area contributed by atoms with Crippen LogP contribution < -0.4 is 0 Å². The maximum Gasteiger partial charge on any atom is 0.141 e. The molecular formula is C24H36ClFN2O. The van der Waals surface area contributed by atoms with E-state index in [2.05, 4.69) is 9.80 Å². The Morgan fingerprint density at radius 3 is 1.86 bits per heavy atom. The molecule has 2 heterocycles. The third-order valence-electron chi connectivity index (χ3n) is 7.59. The van der Waals surface area contributed by atoms with Crippen molar-refractivity contribution in [2.75, 3.05) is 39.3 Å². The molecule has 1 aromatic rings. The summed E-state index contributed by atoms with van der Waals surface area (Å²) in [6.07, 6.45) is 10.9. The summed E-state index contributed by atoms with van der Waals surface area (Å²) in [5, 5.41) is 12.4. The first-order valence-electron chi connectivity index (χ1n) is 11.7. The highest BCUT2D eigenvalue weighted by molar-refractivity contribution is 6.30. The van der Waals surface area contributed by atoms with Gasteiger partial charge >= 0.3 is 0 Å². The van der Waals surface area contributed by atoms with Crippen molar-refractivity contribution in [2.45, 2.75) is 63.4 Å². The standard InChI is InChI=1S/C24H36ClFN2O/c25-22-16-19(10-11-23(22)26)24(29)20(17-27-12-3-1-4-13-27)8-7-9-21(24)18-28-14-5-2-6-15-28/h10-11,16,20-21,29H,1-9,12-15,17-18H2. The molecule has 4 rings (SSSR count). The molecule has 3 nitrogen and oxygen atoms in total. The van der Waals surface area contributed by atoms with Gasteiger partial charge in [-0.1, -0.05) is 36.9 Å². The molecule has 2 aliphatic heterocycles. The van der Waals surface area contributed by atoms with Crippen molar-refractivity contribution in [2.24, 2.45) is 11.8 Å². The maximum absolute atomic E-state index is 13.9. The van der Waals surface area contributed by atoms with Gasteiger partial charge in [-0.15, -0.1) is 0 Å². The van der Waals surface area contributed by atoms with Gasteiger partial charge in [0.15, 0.2) is 0 Å². The lowest BCUT2D eigenvalue weighted by Crippen LogP contribution is -2.53. The van der Waals surface area contributed by atoms with E-state index >= 15 is 0 Å². The van der Waals surface area contributed by atoms with Crippen LogP contribution in [0.3, 0.4) is 0 Å². The van der Waals surface area contributed by atoms with Crippen molar-refractivity contribution in [3.63, 3.8) is 0 Å². The number of hydrogen-bond donors (Lipinski definition) is 1. The van der Waals surface area contributed by atoms with E-state index in [-0.39, 0.29) is 16.9 Å². The van der Waals surface area contributed by atoms with Gasteiger partial charge < -0.3 is 14.9 Å². The zero-order valence-corrected chi connectivity index (χ0v) is 18.3. The van der Waals surface area contributed by atoms with Crippen molar-refractivity contribution < 1.29 is 9.50 Å². The third-order valence-corrected chi connectivity index (χ3v) is 7.88. The van der Waals surface area contributed by atoms with Gasteiger partial charge in [0, 0.05) is 24.9 Å². The molecular weight excluding hydrogens is 387 g/mol. The molecule has 1 N–H and O–H groups in total. The van der Waals surface area contributed by atoms with E-state index in [0.29, 0.717) is 0 Å². The summed E-state index contributed by atoms with van der Waals surface area (Å²) < 4.78 is 13.9. The second-order valence-electron chi connectivity index (χ2n) is 9.50. The number of hydrogen-bond acceptors (Lipinski definition) is 3. The lowest BCUT2D eigenvalue weighted by molar-refractivity contribution is -0.119. The molecule has 1 saturated carbocycles. The second kappa shape index (κ2) is 9.64. The Hall–Kier alpha value is -0.680. The van der Waals surface area contributed by atoms with Crippen molar-refractivity contribution in [3.8, 4) is 0 Å². The van der Waals surface area contributed by atoms with Crippen molar-refractivity contribution >= 4 is 11.6 Å². The zero-order valence-electron chi connectivity index (χ0n) is 17.6. The topological polar surface area (TPSA) is 26.7 Å². The van der Waals surface area contributed by atoms with Crippen LogP contribution in [-0.2, 0) is 5.60 Å². The molecule has 1 aromatic carbocycles. The molecule has 2 unspecified atom stereocenters. The van der Waals surface area contributed by atoms with Crippen LogP contribution in [0, 0.1) is 17.7 Å². The highest BCUT2D eigenvalue weighted by atomic mass is 35.5.